The molecule has 1 aliphatic rings. The summed E-state index contributed by atoms with van der Waals surface area (Å²) in [7, 11) is 0. The number of aliphatic hydroxyl groups is 1. The average molecular weight is 284 g/mol. The molecule has 1 aromatic carbocycles. The molecule has 1 fully saturated rings. The van der Waals surface area contributed by atoms with Crippen molar-refractivity contribution in [3.8, 4) is 0 Å². The first-order valence-electron chi connectivity index (χ1n) is 7.06. The molecule has 0 spiro atoms. The van der Waals surface area contributed by atoms with E-state index >= 15 is 0 Å². The highest BCUT2D eigenvalue weighted by Crippen LogP contribution is 2.25. The van der Waals surface area contributed by atoms with Crippen LogP contribution < -0.4 is 10.2 Å². The van der Waals surface area contributed by atoms with Gasteiger partial charge in [-0.05, 0) is 25.5 Å². The lowest BCUT2D eigenvalue weighted by Gasteiger charge is -2.40. The first-order chi connectivity index (χ1) is 9.56. The number of nitrogens with zero attached hydrogens (tertiary/aromatic N) is 1. The number of benzene rings is 1. The molecule has 3 nitrogen and oxygen atoms in total. The summed E-state index contributed by atoms with van der Waals surface area (Å²) in [5.74, 6) is 0.0964. The molecule has 2 N–H and O–H groups in total. The Bertz CT molecular complexity index is 400. The zero-order valence-electron chi connectivity index (χ0n) is 11.7. The third-order valence-corrected chi connectivity index (χ3v) is 3.85. The molecule has 1 aromatic rings. The second-order valence-electron chi connectivity index (χ2n) is 5.47. The van der Waals surface area contributed by atoms with Crippen LogP contribution in [-0.4, -0.2) is 43.3 Å². The van der Waals surface area contributed by atoms with Gasteiger partial charge in [0, 0.05) is 30.7 Å². The zero-order valence-corrected chi connectivity index (χ0v) is 11.7. The molecule has 1 saturated heterocycles. The molecule has 1 heterocycles. The summed E-state index contributed by atoms with van der Waals surface area (Å²) in [4.78, 5) is 2.16. The third-order valence-electron chi connectivity index (χ3n) is 3.85. The van der Waals surface area contributed by atoms with Gasteiger partial charge in [0.15, 0.2) is 0 Å². The average Bonchev–Trinajstić information content (AvgIpc) is 2.45. The number of hydrogen-bond acceptors (Lipinski definition) is 3. The monoisotopic (exact) mass is 284 g/mol. The number of anilines is 1. The zero-order chi connectivity index (χ0) is 14.5. The van der Waals surface area contributed by atoms with Gasteiger partial charge in [-0.25, -0.2) is 8.78 Å². The molecular weight excluding hydrogens is 262 g/mol. The number of para-hydroxylation sites is 1. The van der Waals surface area contributed by atoms with Gasteiger partial charge in [-0.1, -0.05) is 18.2 Å². The summed E-state index contributed by atoms with van der Waals surface area (Å²) >= 11 is 0. The van der Waals surface area contributed by atoms with Gasteiger partial charge in [-0.15, -0.1) is 0 Å². The number of alkyl halides is 2. The summed E-state index contributed by atoms with van der Waals surface area (Å²) in [6.45, 7) is 2.93. The SMILES string of the molecule is CC(O)C1CC(NCC(F)F)CN(c2ccccc2)C1. The highest BCUT2D eigenvalue weighted by molar-refractivity contribution is 5.46. The molecule has 3 unspecified atom stereocenters. The van der Waals surface area contributed by atoms with Crippen molar-refractivity contribution < 1.29 is 13.9 Å². The molecule has 0 radical (unpaired) electrons. The Balaban J connectivity index is 2.04. The van der Waals surface area contributed by atoms with Crippen molar-refractivity contribution in [2.45, 2.75) is 31.9 Å². The molecule has 0 aromatic heterocycles. The van der Waals surface area contributed by atoms with Crippen LogP contribution in [0.5, 0.6) is 0 Å². The van der Waals surface area contributed by atoms with Crippen LogP contribution in [0.3, 0.4) is 0 Å². The lowest BCUT2D eigenvalue weighted by atomic mass is 9.90. The molecule has 1 aliphatic heterocycles. The quantitative estimate of drug-likeness (QED) is 0.869. The van der Waals surface area contributed by atoms with E-state index in [4.69, 9.17) is 0 Å². The van der Waals surface area contributed by atoms with Gasteiger partial charge in [0.1, 0.15) is 0 Å². The van der Waals surface area contributed by atoms with Crippen molar-refractivity contribution in [2.75, 3.05) is 24.5 Å². The topological polar surface area (TPSA) is 35.5 Å². The molecule has 20 heavy (non-hydrogen) atoms. The van der Waals surface area contributed by atoms with E-state index in [0.29, 0.717) is 6.54 Å². The van der Waals surface area contributed by atoms with Crippen molar-refractivity contribution in [3.63, 3.8) is 0 Å². The molecule has 5 heteroatoms. The summed E-state index contributed by atoms with van der Waals surface area (Å²) in [5, 5.41) is 12.7. The van der Waals surface area contributed by atoms with E-state index in [-0.39, 0.29) is 18.5 Å². The van der Waals surface area contributed by atoms with Crippen molar-refractivity contribution in [1.82, 2.24) is 5.32 Å². The fourth-order valence-electron chi connectivity index (χ4n) is 2.74. The van der Waals surface area contributed by atoms with Crippen molar-refractivity contribution >= 4 is 5.69 Å². The van der Waals surface area contributed by atoms with Gasteiger partial charge in [-0.3, -0.25) is 0 Å². The maximum atomic E-state index is 12.3. The number of halogens is 2. The van der Waals surface area contributed by atoms with Gasteiger partial charge in [0.2, 0.25) is 0 Å². The summed E-state index contributed by atoms with van der Waals surface area (Å²) < 4.78 is 24.7. The Kier molecular flexibility index (Phi) is 5.31. The smallest absolute Gasteiger partial charge is 0.250 e. The fourth-order valence-corrected chi connectivity index (χ4v) is 2.74. The van der Waals surface area contributed by atoms with Crippen LogP contribution in [0.1, 0.15) is 13.3 Å². The van der Waals surface area contributed by atoms with E-state index in [1.807, 2.05) is 30.3 Å². The maximum absolute atomic E-state index is 12.3. The third kappa shape index (κ3) is 4.15. The van der Waals surface area contributed by atoms with Gasteiger partial charge in [0.25, 0.3) is 6.43 Å². The Hall–Kier alpha value is -1.20. The van der Waals surface area contributed by atoms with Crippen molar-refractivity contribution in [2.24, 2.45) is 5.92 Å². The standard InChI is InChI=1S/C15H22F2N2O/c1-11(20)12-7-13(18-8-15(16)17)10-19(9-12)14-5-3-2-4-6-14/h2-6,11-13,15,18,20H,7-10H2,1H3. The highest BCUT2D eigenvalue weighted by atomic mass is 19.3. The van der Waals surface area contributed by atoms with Crippen LogP contribution in [-0.2, 0) is 0 Å². The summed E-state index contributed by atoms with van der Waals surface area (Å²) in [5.41, 5.74) is 1.07. The van der Waals surface area contributed by atoms with Crippen LogP contribution in [0.15, 0.2) is 30.3 Å². The van der Waals surface area contributed by atoms with E-state index in [1.165, 1.54) is 0 Å². The highest BCUT2D eigenvalue weighted by Gasteiger charge is 2.30. The molecule has 0 bridgehead atoms. The van der Waals surface area contributed by atoms with Crippen LogP contribution in [0.25, 0.3) is 0 Å². The molecule has 0 amide bonds. The van der Waals surface area contributed by atoms with Gasteiger partial charge in [-0.2, -0.15) is 0 Å². The Morgan fingerprint density at radius 1 is 1.30 bits per heavy atom. The minimum absolute atomic E-state index is 0.0162. The molecule has 0 aliphatic carbocycles. The second-order valence-corrected chi connectivity index (χ2v) is 5.47. The van der Waals surface area contributed by atoms with Gasteiger partial charge < -0.3 is 15.3 Å². The minimum atomic E-state index is -2.34. The first kappa shape index (κ1) is 15.2. The predicted octanol–water partition coefficient (Wildman–Crippen LogP) is 2.12. The van der Waals surface area contributed by atoms with Crippen LogP contribution in [0.4, 0.5) is 14.5 Å². The van der Waals surface area contributed by atoms with E-state index in [0.717, 1.165) is 18.7 Å². The minimum Gasteiger partial charge on any atom is -0.393 e. The van der Waals surface area contributed by atoms with Gasteiger partial charge in [0.05, 0.1) is 12.6 Å². The van der Waals surface area contributed by atoms with Crippen LogP contribution >= 0.6 is 0 Å². The maximum Gasteiger partial charge on any atom is 0.250 e. The van der Waals surface area contributed by atoms with E-state index in [1.54, 1.807) is 6.92 Å². The fraction of sp³-hybridized carbons (Fsp3) is 0.600. The van der Waals surface area contributed by atoms with Crippen molar-refractivity contribution in [3.05, 3.63) is 30.3 Å². The number of nitrogens with one attached hydrogen (secondary N) is 1. The molecule has 112 valence electrons. The van der Waals surface area contributed by atoms with E-state index in [9.17, 15) is 13.9 Å². The number of aliphatic hydroxyl groups excluding tert-OH is 1. The number of rotatable bonds is 5. The van der Waals surface area contributed by atoms with Gasteiger partial charge >= 0.3 is 0 Å². The Morgan fingerprint density at radius 3 is 2.60 bits per heavy atom. The second kappa shape index (κ2) is 6.99. The summed E-state index contributed by atoms with van der Waals surface area (Å²) in [6, 6.07) is 9.87. The Labute approximate surface area is 118 Å². The molecule has 2 rings (SSSR count). The van der Waals surface area contributed by atoms with Crippen LogP contribution in [0, 0.1) is 5.92 Å². The number of hydrogen-bond donors (Lipinski definition) is 2. The normalized spacial score (nSPS) is 24.9. The van der Waals surface area contributed by atoms with Crippen molar-refractivity contribution in [1.29, 1.82) is 0 Å². The molecular formula is C15H22F2N2O. The predicted molar refractivity (Wildman–Crippen MR) is 76.2 cm³/mol. The largest absolute Gasteiger partial charge is 0.393 e. The summed E-state index contributed by atoms with van der Waals surface area (Å²) in [6.07, 6.45) is -2.04. The Morgan fingerprint density at radius 2 is 2.00 bits per heavy atom. The lowest BCUT2D eigenvalue weighted by molar-refractivity contribution is 0.0983. The first-order valence-corrected chi connectivity index (χ1v) is 7.06. The number of piperidine rings is 1. The molecule has 3 atom stereocenters. The lowest BCUT2D eigenvalue weighted by Crippen LogP contribution is -2.52. The van der Waals surface area contributed by atoms with E-state index < -0.39 is 12.5 Å². The molecule has 0 saturated carbocycles. The van der Waals surface area contributed by atoms with Crippen LogP contribution in [0.2, 0.25) is 0 Å². The van der Waals surface area contributed by atoms with E-state index in [2.05, 4.69) is 10.2 Å².